The molecule has 1 aliphatic carbocycles. The van der Waals surface area contributed by atoms with Crippen LogP contribution in [0.4, 0.5) is 0 Å². The number of carbonyl (C=O) groups is 2. The molecule has 0 saturated heterocycles. The lowest BCUT2D eigenvalue weighted by Crippen LogP contribution is -2.38. The molecule has 0 bridgehead atoms. The van der Waals surface area contributed by atoms with Gasteiger partial charge in [-0.05, 0) is 25.0 Å². The first kappa shape index (κ1) is 18.8. The standard InChI is InChI=1S/C18H20ClN3O3S/c1-22(12-7-3-2-4-8-12)17(23)13-9-5-6-10-14(13)18(24)25-11-15-16(19)26-21-20-15/h5-6,9-10,12H,2-4,7-8,11H2,1H3. The van der Waals surface area contributed by atoms with E-state index in [0.29, 0.717) is 15.6 Å². The Balaban J connectivity index is 1.73. The van der Waals surface area contributed by atoms with Crippen molar-refractivity contribution in [3.8, 4) is 0 Å². The van der Waals surface area contributed by atoms with E-state index < -0.39 is 5.97 Å². The Bertz CT molecular complexity index is 789. The largest absolute Gasteiger partial charge is 0.455 e. The molecule has 1 aromatic carbocycles. The highest BCUT2D eigenvalue weighted by Crippen LogP contribution is 2.24. The summed E-state index contributed by atoms with van der Waals surface area (Å²) in [5.74, 6) is -0.729. The van der Waals surface area contributed by atoms with E-state index in [1.54, 1.807) is 36.2 Å². The minimum absolute atomic E-state index is 0.0743. The van der Waals surface area contributed by atoms with Crippen molar-refractivity contribution >= 4 is 35.0 Å². The smallest absolute Gasteiger partial charge is 0.339 e. The third-order valence-electron chi connectivity index (χ3n) is 4.67. The van der Waals surface area contributed by atoms with Gasteiger partial charge in [-0.1, -0.05) is 47.5 Å². The van der Waals surface area contributed by atoms with Crippen LogP contribution in [0.3, 0.4) is 0 Å². The number of hydrogen-bond acceptors (Lipinski definition) is 6. The Morgan fingerprint density at radius 2 is 1.92 bits per heavy atom. The fraction of sp³-hybridized carbons (Fsp3) is 0.444. The van der Waals surface area contributed by atoms with Crippen molar-refractivity contribution in [1.82, 2.24) is 14.5 Å². The number of ether oxygens (including phenoxy) is 1. The average Bonchev–Trinajstić information content (AvgIpc) is 3.10. The zero-order valence-electron chi connectivity index (χ0n) is 14.5. The van der Waals surface area contributed by atoms with Gasteiger partial charge >= 0.3 is 5.97 Å². The van der Waals surface area contributed by atoms with Gasteiger partial charge in [-0.15, -0.1) is 5.10 Å². The molecule has 1 saturated carbocycles. The zero-order chi connectivity index (χ0) is 18.5. The van der Waals surface area contributed by atoms with Crippen molar-refractivity contribution in [2.75, 3.05) is 7.05 Å². The van der Waals surface area contributed by atoms with Crippen molar-refractivity contribution in [3.05, 3.63) is 45.4 Å². The number of esters is 1. The van der Waals surface area contributed by atoms with Crippen LogP contribution in [0.2, 0.25) is 4.34 Å². The van der Waals surface area contributed by atoms with Crippen molar-refractivity contribution in [2.45, 2.75) is 44.8 Å². The number of aromatic nitrogens is 2. The van der Waals surface area contributed by atoms with Crippen LogP contribution in [0.15, 0.2) is 24.3 Å². The van der Waals surface area contributed by atoms with Crippen molar-refractivity contribution in [2.24, 2.45) is 0 Å². The maximum absolute atomic E-state index is 12.9. The summed E-state index contributed by atoms with van der Waals surface area (Å²) in [7, 11) is 1.81. The van der Waals surface area contributed by atoms with Crippen LogP contribution in [0.1, 0.15) is 58.5 Å². The predicted molar refractivity (Wildman–Crippen MR) is 99.4 cm³/mol. The third-order valence-corrected chi connectivity index (χ3v) is 5.65. The van der Waals surface area contributed by atoms with Gasteiger partial charge in [0.25, 0.3) is 5.91 Å². The average molecular weight is 394 g/mol. The second-order valence-corrected chi connectivity index (χ2v) is 7.68. The summed E-state index contributed by atoms with van der Waals surface area (Å²) in [6, 6.07) is 6.95. The molecule has 2 aromatic rings. The quantitative estimate of drug-likeness (QED) is 0.719. The van der Waals surface area contributed by atoms with Gasteiger partial charge in [-0.3, -0.25) is 4.79 Å². The van der Waals surface area contributed by atoms with Crippen LogP contribution in [0.25, 0.3) is 0 Å². The molecular formula is C18H20ClN3O3S. The van der Waals surface area contributed by atoms with Crippen LogP contribution < -0.4 is 0 Å². The molecule has 3 rings (SSSR count). The molecule has 0 spiro atoms. The van der Waals surface area contributed by atoms with Gasteiger partial charge in [0.2, 0.25) is 0 Å². The van der Waals surface area contributed by atoms with Crippen LogP contribution in [-0.4, -0.2) is 39.5 Å². The number of hydrogen-bond donors (Lipinski definition) is 0. The molecule has 0 N–H and O–H groups in total. The number of carbonyl (C=O) groups excluding carboxylic acids is 2. The minimum Gasteiger partial charge on any atom is -0.455 e. The lowest BCUT2D eigenvalue weighted by Gasteiger charge is -2.31. The van der Waals surface area contributed by atoms with Crippen molar-refractivity contribution < 1.29 is 14.3 Å². The molecule has 1 fully saturated rings. The Hall–Kier alpha value is -1.99. The van der Waals surface area contributed by atoms with Gasteiger partial charge in [-0.25, -0.2) is 4.79 Å². The third kappa shape index (κ3) is 4.22. The predicted octanol–water partition coefficient (Wildman–Crippen LogP) is 3.95. The monoisotopic (exact) mass is 393 g/mol. The summed E-state index contributed by atoms with van der Waals surface area (Å²) in [6.45, 7) is -0.0743. The molecule has 138 valence electrons. The topological polar surface area (TPSA) is 72.4 Å². The first-order valence-electron chi connectivity index (χ1n) is 8.58. The van der Waals surface area contributed by atoms with E-state index in [1.807, 2.05) is 0 Å². The lowest BCUT2D eigenvalue weighted by atomic mass is 9.94. The molecule has 0 atom stereocenters. The van der Waals surface area contributed by atoms with Crippen LogP contribution >= 0.6 is 23.1 Å². The maximum Gasteiger partial charge on any atom is 0.339 e. The summed E-state index contributed by atoms with van der Waals surface area (Å²) in [5, 5.41) is 3.81. The van der Waals surface area contributed by atoms with Crippen LogP contribution in [0, 0.1) is 0 Å². The minimum atomic E-state index is -0.574. The highest BCUT2D eigenvalue weighted by atomic mass is 35.5. The molecule has 6 nitrogen and oxygen atoms in total. The molecule has 8 heteroatoms. The first-order valence-corrected chi connectivity index (χ1v) is 9.73. The van der Waals surface area contributed by atoms with Gasteiger partial charge in [0.05, 0.1) is 11.1 Å². The Kier molecular flexibility index (Phi) is 6.21. The first-order chi connectivity index (χ1) is 12.6. The fourth-order valence-corrected chi connectivity index (χ4v) is 3.77. The summed E-state index contributed by atoms with van der Waals surface area (Å²) in [4.78, 5) is 27.2. The molecule has 1 aliphatic rings. The maximum atomic E-state index is 12.9. The van der Waals surface area contributed by atoms with Gasteiger partial charge in [0, 0.05) is 24.6 Å². The van der Waals surface area contributed by atoms with Crippen molar-refractivity contribution in [3.63, 3.8) is 0 Å². The van der Waals surface area contributed by atoms with Gasteiger partial charge < -0.3 is 9.64 Å². The zero-order valence-corrected chi connectivity index (χ0v) is 16.1. The van der Waals surface area contributed by atoms with Crippen molar-refractivity contribution in [1.29, 1.82) is 0 Å². The molecular weight excluding hydrogens is 374 g/mol. The molecule has 26 heavy (non-hydrogen) atoms. The van der Waals surface area contributed by atoms with Gasteiger partial charge in [-0.2, -0.15) is 0 Å². The fourth-order valence-electron chi connectivity index (χ4n) is 3.17. The molecule has 0 aliphatic heterocycles. The Labute approximate surface area is 161 Å². The number of halogens is 1. The second kappa shape index (κ2) is 8.60. The summed E-state index contributed by atoms with van der Waals surface area (Å²) >= 11 is 6.95. The number of rotatable bonds is 5. The van der Waals surface area contributed by atoms with E-state index in [-0.39, 0.29) is 24.1 Å². The van der Waals surface area contributed by atoms with E-state index in [9.17, 15) is 9.59 Å². The molecule has 1 amide bonds. The summed E-state index contributed by atoms with van der Waals surface area (Å²) < 4.78 is 9.37. The highest BCUT2D eigenvalue weighted by molar-refractivity contribution is 7.10. The van der Waals surface area contributed by atoms with Crippen LogP contribution in [-0.2, 0) is 11.3 Å². The van der Waals surface area contributed by atoms with Gasteiger partial charge in [0.1, 0.15) is 16.6 Å². The number of nitrogens with zero attached hydrogens (tertiary/aromatic N) is 3. The van der Waals surface area contributed by atoms with Crippen LogP contribution in [0.5, 0.6) is 0 Å². The van der Waals surface area contributed by atoms with E-state index >= 15 is 0 Å². The SMILES string of the molecule is CN(C(=O)c1ccccc1C(=O)OCc1nnsc1Cl)C1CCCCC1. The number of benzene rings is 1. The summed E-state index contributed by atoms with van der Waals surface area (Å²) in [5.41, 5.74) is 1.01. The Morgan fingerprint density at radius 1 is 1.23 bits per heavy atom. The normalized spacial score (nSPS) is 14.8. The Morgan fingerprint density at radius 3 is 2.58 bits per heavy atom. The molecule has 1 aromatic heterocycles. The molecule has 0 unspecified atom stereocenters. The van der Waals surface area contributed by atoms with E-state index in [2.05, 4.69) is 9.59 Å². The molecule has 0 radical (unpaired) electrons. The number of amides is 1. The second-order valence-electron chi connectivity index (χ2n) is 6.32. The highest BCUT2D eigenvalue weighted by Gasteiger charge is 2.26. The van der Waals surface area contributed by atoms with E-state index in [0.717, 1.165) is 37.2 Å². The summed E-state index contributed by atoms with van der Waals surface area (Å²) in [6.07, 6.45) is 5.49. The van der Waals surface area contributed by atoms with E-state index in [4.69, 9.17) is 16.3 Å². The van der Waals surface area contributed by atoms with E-state index in [1.165, 1.54) is 6.42 Å². The van der Waals surface area contributed by atoms with Gasteiger partial charge in [0.15, 0.2) is 0 Å². The molecule has 1 heterocycles. The lowest BCUT2D eigenvalue weighted by molar-refractivity contribution is 0.0460.